The van der Waals surface area contributed by atoms with E-state index in [1.54, 1.807) is 36.4 Å². The highest BCUT2D eigenvalue weighted by atomic mass is 35.5. The number of carbonyl (C=O) groups excluding carboxylic acids is 3. The first-order valence-electron chi connectivity index (χ1n) is 13.7. The van der Waals surface area contributed by atoms with Crippen molar-refractivity contribution in [2.75, 3.05) is 49.4 Å². The highest BCUT2D eigenvalue weighted by molar-refractivity contribution is 7.92. The molecule has 1 saturated heterocycles. The third-order valence-corrected chi connectivity index (χ3v) is 9.37. The van der Waals surface area contributed by atoms with E-state index in [1.165, 1.54) is 36.4 Å². The van der Waals surface area contributed by atoms with Crippen LogP contribution in [0.25, 0.3) is 0 Å². The molecule has 13 heteroatoms. The maximum atomic E-state index is 13.8. The fourth-order valence-corrected chi connectivity index (χ4v) is 6.39. The molecule has 2 aliphatic heterocycles. The fraction of sp³-hybridized carbons (Fsp3) is 0.267. The molecule has 3 aromatic rings. The van der Waals surface area contributed by atoms with E-state index in [0.717, 1.165) is 23.0 Å². The summed E-state index contributed by atoms with van der Waals surface area (Å²) < 4.78 is 28.5. The van der Waals surface area contributed by atoms with Crippen molar-refractivity contribution in [2.45, 2.75) is 17.7 Å². The Morgan fingerprint density at radius 3 is 2.35 bits per heavy atom. The van der Waals surface area contributed by atoms with E-state index in [2.05, 4.69) is 20.7 Å². The molecule has 11 nitrogen and oxygen atoms in total. The van der Waals surface area contributed by atoms with E-state index in [0.29, 0.717) is 42.2 Å². The van der Waals surface area contributed by atoms with Crippen LogP contribution in [0.1, 0.15) is 17.5 Å². The lowest BCUT2D eigenvalue weighted by atomic mass is 10.1. The number of hydrazone groups is 1. The number of hydrogen-bond acceptors (Lipinski definition) is 7. The second-order valence-corrected chi connectivity index (χ2v) is 12.6. The molecule has 5 rings (SSSR count). The Labute approximate surface area is 255 Å². The Kier molecular flexibility index (Phi) is 9.09. The number of para-hydroxylation sites is 1. The van der Waals surface area contributed by atoms with Gasteiger partial charge in [0.25, 0.3) is 21.8 Å². The molecule has 0 unspecified atom stereocenters. The summed E-state index contributed by atoms with van der Waals surface area (Å²) in [5, 5.41) is 7.04. The fourth-order valence-electron chi connectivity index (χ4n) is 4.84. The van der Waals surface area contributed by atoms with E-state index in [-0.39, 0.29) is 22.2 Å². The Hall–Kier alpha value is -4.26. The first-order chi connectivity index (χ1) is 20.6. The summed E-state index contributed by atoms with van der Waals surface area (Å²) in [7, 11) is -2.18. The van der Waals surface area contributed by atoms with Crippen molar-refractivity contribution in [1.82, 2.24) is 15.2 Å². The third kappa shape index (κ3) is 7.04. The number of halogens is 1. The molecule has 3 amide bonds. The number of rotatable bonds is 9. The Morgan fingerprint density at radius 1 is 0.977 bits per heavy atom. The number of aryl methyl sites for hydroxylation is 1. The van der Waals surface area contributed by atoms with Gasteiger partial charge in [-0.05, 0) is 61.5 Å². The van der Waals surface area contributed by atoms with Crippen LogP contribution in [0.3, 0.4) is 0 Å². The standard InChI is InChI=1S/C30H31ClN6O5S/c1-35-16-18-36(19-17-35)28(39)15-8-21-6-13-24(14-7-21)43(41,42)37(23-11-9-22(31)10-12-23)20-27(38)33-34-29-25-4-2-3-5-26(25)32-30(29)40/h2-7,9-14H,8,15-20H2,1H3,(H,33,38)(H,32,34,40). The van der Waals surface area contributed by atoms with Crippen LogP contribution in [-0.2, 0) is 30.8 Å². The minimum absolute atomic E-state index is 0.0199. The summed E-state index contributed by atoms with van der Waals surface area (Å²) in [5.41, 5.74) is 4.47. The Bertz CT molecular complexity index is 1650. The molecule has 0 atom stereocenters. The maximum Gasteiger partial charge on any atom is 0.276 e. The number of amides is 3. The number of hydrogen-bond donors (Lipinski definition) is 2. The first-order valence-corrected chi connectivity index (χ1v) is 15.5. The quantitative estimate of drug-likeness (QED) is 0.353. The molecule has 2 heterocycles. The predicted molar refractivity (Wildman–Crippen MR) is 165 cm³/mol. The number of anilines is 2. The first kappa shape index (κ1) is 30.2. The van der Waals surface area contributed by atoms with Crippen LogP contribution < -0.4 is 15.0 Å². The van der Waals surface area contributed by atoms with Crippen molar-refractivity contribution >= 4 is 56.4 Å². The number of fused-ring (bicyclic) bond motifs is 1. The molecular formula is C30H31ClN6O5S. The number of carbonyl (C=O) groups is 3. The van der Waals surface area contributed by atoms with Crippen molar-refractivity contribution in [2.24, 2.45) is 5.10 Å². The molecular weight excluding hydrogens is 592 g/mol. The third-order valence-electron chi connectivity index (χ3n) is 7.33. The molecule has 0 bridgehead atoms. The van der Waals surface area contributed by atoms with Crippen molar-refractivity contribution in [1.29, 1.82) is 0 Å². The monoisotopic (exact) mass is 622 g/mol. The second-order valence-electron chi connectivity index (χ2n) is 10.3. The van der Waals surface area contributed by atoms with Crippen LogP contribution in [0.4, 0.5) is 11.4 Å². The van der Waals surface area contributed by atoms with Gasteiger partial charge >= 0.3 is 0 Å². The molecule has 0 aliphatic carbocycles. The van der Waals surface area contributed by atoms with E-state index in [1.807, 2.05) is 11.9 Å². The second kappa shape index (κ2) is 12.9. The zero-order valence-electron chi connectivity index (χ0n) is 23.5. The normalized spacial score (nSPS) is 16.1. The van der Waals surface area contributed by atoms with Gasteiger partial charge in [-0.2, -0.15) is 5.10 Å². The molecule has 1 fully saturated rings. The summed E-state index contributed by atoms with van der Waals surface area (Å²) in [5.74, 6) is -1.15. The summed E-state index contributed by atoms with van der Waals surface area (Å²) in [6, 6.07) is 19.2. The predicted octanol–water partition coefficient (Wildman–Crippen LogP) is 2.71. The SMILES string of the molecule is CN1CCN(C(=O)CCc2ccc(S(=O)(=O)N(CC(=O)NN=C3C(=O)Nc4ccccc43)c3ccc(Cl)cc3)cc2)CC1. The summed E-state index contributed by atoms with van der Waals surface area (Å²) in [4.78, 5) is 41.9. The largest absolute Gasteiger partial charge is 0.340 e. The lowest BCUT2D eigenvalue weighted by Gasteiger charge is -2.32. The van der Waals surface area contributed by atoms with Crippen molar-refractivity contribution < 1.29 is 22.8 Å². The summed E-state index contributed by atoms with van der Waals surface area (Å²) in [6.45, 7) is 2.49. The van der Waals surface area contributed by atoms with Crippen LogP contribution >= 0.6 is 11.6 Å². The van der Waals surface area contributed by atoms with Gasteiger partial charge in [-0.3, -0.25) is 18.7 Å². The molecule has 224 valence electrons. The molecule has 43 heavy (non-hydrogen) atoms. The minimum atomic E-state index is -4.21. The number of nitrogens with one attached hydrogen (secondary N) is 2. The average molecular weight is 623 g/mol. The topological polar surface area (TPSA) is 131 Å². The molecule has 2 N–H and O–H groups in total. The van der Waals surface area contributed by atoms with Crippen LogP contribution in [0.15, 0.2) is 82.8 Å². The van der Waals surface area contributed by atoms with Gasteiger partial charge in [-0.15, -0.1) is 0 Å². The minimum Gasteiger partial charge on any atom is -0.340 e. The maximum absolute atomic E-state index is 13.8. The van der Waals surface area contributed by atoms with Gasteiger partial charge in [0.2, 0.25) is 5.91 Å². The highest BCUT2D eigenvalue weighted by Gasteiger charge is 2.29. The van der Waals surface area contributed by atoms with Gasteiger partial charge in [-0.25, -0.2) is 13.8 Å². The summed E-state index contributed by atoms with van der Waals surface area (Å²) in [6.07, 6.45) is 0.809. The zero-order chi connectivity index (χ0) is 30.6. The number of sulfonamides is 1. The molecule has 0 aromatic heterocycles. The van der Waals surface area contributed by atoms with Crippen molar-refractivity contribution in [3.63, 3.8) is 0 Å². The van der Waals surface area contributed by atoms with E-state index >= 15 is 0 Å². The van der Waals surface area contributed by atoms with E-state index in [4.69, 9.17) is 11.6 Å². The van der Waals surface area contributed by atoms with E-state index in [9.17, 15) is 22.8 Å². The smallest absolute Gasteiger partial charge is 0.276 e. The molecule has 2 aliphatic rings. The van der Waals surface area contributed by atoms with Gasteiger partial charge in [0.1, 0.15) is 6.54 Å². The van der Waals surface area contributed by atoms with E-state index < -0.39 is 28.4 Å². The van der Waals surface area contributed by atoms with Crippen LogP contribution in [0.2, 0.25) is 5.02 Å². The molecule has 0 spiro atoms. The zero-order valence-corrected chi connectivity index (χ0v) is 25.1. The van der Waals surface area contributed by atoms with Gasteiger partial charge in [0.15, 0.2) is 5.71 Å². The molecule has 3 aromatic carbocycles. The van der Waals surface area contributed by atoms with Crippen LogP contribution in [-0.4, -0.2) is 81.4 Å². The van der Waals surface area contributed by atoms with Crippen LogP contribution in [0, 0.1) is 0 Å². The number of benzene rings is 3. The van der Waals surface area contributed by atoms with Crippen LogP contribution in [0.5, 0.6) is 0 Å². The Balaban J connectivity index is 1.30. The molecule has 0 radical (unpaired) electrons. The van der Waals surface area contributed by atoms with Crippen molar-refractivity contribution in [3.8, 4) is 0 Å². The van der Waals surface area contributed by atoms with Crippen molar-refractivity contribution in [3.05, 3.63) is 88.9 Å². The van der Waals surface area contributed by atoms with Gasteiger partial charge in [0, 0.05) is 43.2 Å². The van der Waals surface area contributed by atoms with Gasteiger partial charge in [0.05, 0.1) is 16.3 Å². The molecule has 0 saturated carbocycles. The highest BCUT2D eigenvalue weighted by Crippen LogP contribution is 2.26. The average Bonchev–Trinajstić information content (AvgIpc) is 3.33. The Morgan fingerprint density at radius 2 is 1.65 bits per heavy atom. The summed E-state index contributed by atoms with van der Waals surface area (Å²) >= 11 is 6.02. The van der Waals surface area contributed by atoms with Gasteiger partial charge < -0.3 is 15.1 Å². The number of piperazine rings is 1. The lowest BCUT2D eigenvalue weighted by Crippen LogP contribution is -2.47. The lowest BCUT2D eigenvalue weighted by molar-refractivity contribution is -0.132. The van der Waals surface area contributed by atoms with Gasteiger partial charge in [-0.1, -0.05) is 41.9 Å². The number of nitrogens with zero attached hydrogens (tertiary/aromatic N) is 4. The number of likely N-dealkylation sites (N-methyl/N-ethyl adjacent to an activating group) is 1.